The summed E-state index contributed by atoms with van der Waals surface area (Å²) in [5.41, 5.74) is 0. The molecule has 1 aliphatic rings. The number of esters is 1. The van der Waals surface area contributed by atoms with Crippen molar-refractivity contribution in [2.24, 2.45) is 0 Å². The van der Waals surface area contributed by atoms with E-state index in [9.17, 15) is 14.7 Å². The molecule has 0 aromatic carbocycles. The number of carbonyl (C=O) groups excluding carboxylic acids is 2. The van der Waals surface area contributed by atoms with Crippen LogP contribution in [0.1, 0.15) is 20.3 Å². The van der Waals surface area contributed by atoms with E-state index in [1.165, 1.54) is 12.0 Å². The lowest BCUT2D eigenvalue weighted by Gasteiger charge is -2.29. The molecule has 2 amide bonds. The van der Waals surface area contributed by atoms with E-state index in [1.807, 2.05) is 13.8 Å². The fourth-order valence-electron chi connectivity index (χ4n) is 2.06. The van der Waals surface area contributed by atoms with E-state index in [2.05, 4.69) is 4.74 Å². The van der Waals surface area contributed by atoms with Crippen LogP contribution in [0.25, 0.3) is 0 Å². The van der Waals surface area contributed by atoms with Crippen molar-refractivity contribution in [3.8, 4) is 0 Å². The summed E-state index contributed by atoms with van der Waals surface area (Å²) in [6.07, 6.45) is -0.404. The zero-order chi connectivity index (χ0) is 13.0. The Hall–Kier alpha value is -1.30. The Morgan fingerprint density at radius 1 is 1.41 bits per heavy atom. The van der Waals surface area contributed by atoms with Crippen molar-refractivity contribution >= 4 is 12.0 Å². The van der Waals surface area contributed by atoms with Gasteiger partial charge < -0.3 is 19.6 Å². The number of amides is 2. The minimum atomic E-state index is -0.664. The first kappa shape index (κ1) is 13.8. The molecular formula is C11H20N2O4. The number of urea groups is 1. The van der Waals surface area contributed by atoms with Gasteiger partial charge in [-0.3, -0.25) is 0 Å². The van der Waals surface area contributed by atoms with Crippen molar-refractivity contribution in [2.75, 3.05) is 26.7 Å². The molecule has 1 aliphatic heterocycles. The van der Waals surface area contributed by atoms with E-state index in [0.717, 1.165) is 0 Å². The number of ether oxygens (including phenoxy) is 1. The topological polar surface area (TPSA) is 70.1 Å². The molecule has 0 aliphatic carbocycles. The van der Waals surface area contributed by atoms with Crippen molar-refractivity contribution < 1.29 is 19.4 Å². The quantitative estimate of drug-likeness (QED) is 0.712. The molecule has 1 saturated heterocycles. The standard InChI is InChI=1S/C11H20N2O4/c1-4-12(5-2)11(16)13-7-8(14)6-9(13)10(15)17-3/h8-9,14H,4-7H2,1-3H3. The van der Waals surface area contributed by atoms with E-state index in [0.29, 0.717) is 13.1 Å². The normalized spacial score (nSPS) is 23.6. The first-order valence-electron chi connectivity index (χ1n) is 5.86. The summed E-state index contributed by atoms with van der Waals surface area (Å²) in [6.45, 7) is 5.10. The van der Waals surface area contributed by atoms with Gasteiger partial charge >= 0.3 is 12.0 Å². The highest BCUT2D eigenvalue weighted by Gasteiger charge is 2.40. The maximum absolute atomic E-state index is 12.1. The Morgan fingerprint density at radius 3 is 2.47 bits per heavy atom. The molecule has 2 atom stereocenters. The Kier molecular flexibility index (Phi) is 4.74. The van der Waals surface area contributed by atoms with Gasteiger partial charge in [-0.2, -0.15) is 0 Å². The van der Waals surface area contributed by atoms with Crippen LogP contribution in [0.3, 0.4) is 0 Å². The number of aliphatic hydroxyl groups is 1. The third-order valence-electron chi connectivity index (χ3n) is 3.03. The summed E-state index contributed by atoms with van der Waals surface area (Å²) >= 11 is 0. The molecule has 2 unspecified atom stereocenters. The molecule has 6 heteroatoms. The highest BCUT2D eigenvalue weighted by Crippen LogP contribution is 2.20. The summed E-state index contributed by atoms with van der Waals surface area (Å²) in [5.74, 6) is -0.470. The van der Waals surface area contributed by atoms with E-state index in [4.69, 9.17) is 0 Å². The number of nitrogens with zero attached hydrogens (tertiary/aromatic N) is 2. The molecule has 98 valence electrons. The number of β-amino-alcohol motifs (C(OH)–C–C–N with tert-alkyl or cyclic N) is 1. The second-order valence-corrected chi connectivity index (χ2v) is 4.04. The first-order chi connectivity index (χ1) is 8.04. The van der Waals surface area contributed by atoms with Crippen LogP contribution in [0.4, 0.5) is 4.79 Å². The summed E-state index contributed by atoms with van der Waals surface area (Å²) in [7, 11) is 1.28. The lowest BCUT2D eigenvalue weighted by molar-refractivity contribution is -0.145. The van der Waals surface area contributed by atoms with Crippen LogP contribution in [-0.2, 0) is 9.53 Å². The molecule has 0 spiro atoms. The Morgan fingerprint density at radius 2 is 2.00 bits per heavy atom. The van der Waals surface area contributed by atoms with Gasteiger partial charge in [0.15, 0.2) is 0 Å². The first-order valence-corrected chi connectivity index (χ1v) is 5.86. The third kappa shape index (κ3) is 2.88. The van der Waals surface area contributed by atoms with E-state index >= 15 is 0 Å². The highest BCUT2D eigenvalue weighted by molar-refractivity contribution is 5.84. The number of methoxy groups -OCH3 is 1. The molecule has 1 N–H and O–H groups in total. The minimum absolute atomic E-state index is 0.190. The van der Waals surface area contributed by atoms with E-state index in [1.54, 1.807) is 4.90 Å². The number of hydrogen-bond acceptors (Lipinski definition) is 4. The summed E-state index contributed by atoms with van der Waals surface area (Å²) in [4.78, 5) is 26.7. The summed E-state index contributed by atoms with van der Waals surface area (Å²) < 4.78 is 4.65. The summed E-state index contributed by atoms with van der Waals surface area (Å²) in [5, 5.41) is 9.57. The molecule has 0 bridgehead atoms. The van der Waals surface area contributed by atoms with Crippen LogP contribution in [-0.4, -0.2) is 65.8 Å². The maximum Gasteiger partial charge on any atom is 0.328 e. The van der Waals surface area contributed by atoms with Gasteiger partial charge in [0.25, 0.3) is 0 Å². The summed E-state index contributed by atoms with van der Waals surface area (Å²) in [6, 6.07) is -0.884. The van der Waals surface area contributed by atoms with Crippen molar-refractivity contribution in [1.29, 1.82) is 0 Å². The SMILES string of the molecule is CCN(CC)C(=O)N1CC(O)CC1C(=O)OC. The molecule has 1 fully saturated rings. The van der Waals surface area contributed by atoms with Crippen LogP contribution in [0.2, 0.25) is 0 Å². The monoisotopic (exact) mass is 244 g/mol. The van der Waals surface area contributed by atoms with Crippen LogP contribution >= 0.6 is 0 Å². The Bertz CT molecular complexity index is 291. The molecule has 0 saturated carbocycles. The van der Waals surface area contributed by atoms with Crippen LogP contribution < -0.4 is 0 Å². The lowest BCUT2D eigenvalue weighted by Crippen LogP contribution is -2.48. The van der Waals surface area contributed by atoms with Gasteiger partial charge in [-0.1, -0.05) is 0 Å². The average Bonchev–Trinajstić information content (AvgIpc) is 2.71. The van der Waals surface area contributed by atoms with Gasteiger partial charge in [0.05, 0.1) is 13.2 Å². The van der Waals surface area contributed by atoms with Crippen LogP contribution in [0.15, 0.2) is 0 Å². The van der Waals surface area contributed by atoms with Crippen molar-refractivity contribution in [3.05, 3.63) is 0 Å². The number of rotatable bonds is 3. The van der Waals surface area contributed by atoms with E-state index in [-0.39, 0.29) is 19.0 Å². The molecule has 6 nitrogen and oxygen atoms in total. The number of likely N-dealkylation sites (tertiary alicyclic amines) is 1. The van der Waals surface area contributed by atoms with Crippen molar-refractivity contribution in [2.45, 2.75) is 32.4 Å². The zero-order valence-electron chi connectivity index (χ0n) is 10.5. The molecule has 1 heterocycles. The molecule has 17 heavy (non-hydrogen) atoms. The number of hydrogen-bond donors (Lipinski definition) is 1. The fourth-order valence-corrected chi connectivity index (χ4v) is 2.06. The smallest absolute Gasteiger partial charge is 0.328 e. The molecule has 1 rings (SSSR count). The average molecular weight is 244 g/mol. The van der Waals surface area contributed by atoms with Gasteiger partial charge in [-0.15, -0.1) is 0 Å². The minimum Gasteiger partial charge on any atom is -0.467 e. The zero-order valence-corrected chi connectivity index (χ0v) is 10.5. The van der Waals surface area contributed by atoms with Crippen LogP contribution in [0, 0.1) is 0 Å². The molecule has 0 aromatic heterocycles. The lowest BCUT2D eigenvalue weighted by atomic mass is 10.2. The second kappa shape index (κ2) is 5.86. The number of aliphatic hydroxyl groups excluding tert-OH is 1. The van der Waals surface area contributed by atoms with Gasteiger partial charge in [-0.25, -0.2) is 9.59 Å². The van der Waals surface area contributed by atoms with Crippen LogP contribution in [0.5, 0.6) is 0 Å². The van der Waals surface area contributed by atoms with Crippen molar-refractivity contribution in [1.82, 2.24) is 9.80 Å². The third-order valence-corrected chi connectivity index (χ3v) is 3.03. The largest absolute Gasteiger partial charge is 0.467 e. The van der Waals surface area contributed by atoms with E-state index < -0.39 is 18.1 Å². The highest BCUT2D eigenvalue weighted by atomic mass is 16.5. The molecule has 0 aromatic rings. The van der Waals surface area contributed by atoms with Crippen molar-refractivity contribution in [3.63, 3.8) is 0 Å². The molecule has 0 radical (unpaired) electrons. The van der Waals surface area contributed by atoms with Gasteiger partial charge in [0.2, 0.25) is 0 Å². The molecular weight excluding hydrogens is 224 g/mol. The van der Waals surface area contributed by atoms with Gasteiger partial charge in [-0.05, 0) is 13.8 Å². The van der Waals surface area contributed by atoms with Gasteiger partial charge in [0.1, 0.15) is 6.04 Å². The predicted molar refractivity (Wildman–Crippen MR) is 61.5 cm³/mol. The van der Waals surface area contributed by atoms with Gasteiger partial charge in [0, 0.05) is 26.1 Å². The maximum atomic E-state index is 12.1. The predicted octanol–water partition coefficient (Wildman–Crippen LogP) is 0.0564. The second-order valence-electron chi connectivity index (χ2n) is 4.04. The Labute approximate surface area is 101 Å². The Balaban J connectivity index is 2.79. The number of carbonyl (C=O) groups is 2. The fraction of sp³-hybridized carbons (Fsp3) is 0.818.